The molecule has 234 valence electrons. The molecule has 43 heavy (non-hydrogen) atoms. The summed E-state index contributed by atoms with van der Waals surface area (Å²) in [5.41, 5.74) is 1.20. The Labute approximate surface area is 261 Å². The van der Waals surface area contributed by atoms with E-state index in [0.29, 0.717) is 42.6 Å². The average Bonchev–Trinajstić information content (AvgIpc) is 3.56. The molecule has 11 nitrogen and oxygen atoms in total. The van der Waals surface area contributed by atoms with E-state index in [1.807, 2.05) is 59.7 Å². The molecule has 0 N–H and O–H groups in total. The van der Waals surface area contributed by atoms with Gasteiger partial charge in [0.2, 0.25) is 5.28 Å². The van der Waals surface area contributed by atoms with Crippen molar-refractivity contribution in [3.63, 3.8) is 0 Å². The third kappa shape index (κ3) is 6.60. The van der Waals surface area contributed by atoms with Gasteiger partial charge in [0.1, 0.15) is 17.8 Å². The molecular formula is C29H38Cl2N5O6P. The quantitative estimate of drug-likeness (QED) is 0.189. The third-order valence-corrected chi connectivity index (χ3v) is 9.95. The summed E-state index contributed by atoms with van der Waals surface area (Å²) < 4.78 is 45.2. The van der Waals surface area contributed by atoms with E-state index < -0.39 is 18.8 Å². The summed E-state index contributed by atoms with van der Waals surface area (Å²) in [4.78, 5) is 11.2. The van der Waals surface area contributed by atoms with Crippen molar-refractivity contribution in [1.29, 1.82) is 0 Å². The summed E-state index contributed by atoms with van der Waals surface area (Å²) in [5.74, 6) is 0.712. The van der Waals surface area contributed by atoms with Crippen molar-refractivity contribution in [1.82, 2.24) is 19.7 Å². The Hall–Kier alpha value is -1.82. The van der Waals surface area contributed by atoms with Crippen molar-refractivity contribution in [2.45, 2.75) is 90.1 Å². The summed E-state index contributed by atoms with van der Waals surface area (Å²) in [6.07, 6.45) is 2.45. The van der Waals surface area contributed by atoms with Crippen LogP contribution in [0.25, 0.3) is 11.0 Å². The standard InChI is InChI=1S/C29H38Cl2N5O6P/c1-27(2,3)41-43(37,42-28(4,5)6)17-38-14-20-8-10-23(40-20)36-25-21(12-32-36)24(33-26(31)34-25)35-15-29(16-35)22-9-7-19(30)11-18(22)13-39-29/h7,9,11-12,20,23H,8,10,13-17H2,1-6H3. The molecule has 2 aromatic heterocycles. The highest BCUT2D eigenvalue weighted by atomic mass is 35.5. The zero-order valence-electron chi connectivity index (χ0n) is 25.3. The maximum atomic E-state index is 13.5. The van der Waals surface area contributed by atoms with Crippen LogP contribution < -0.4 is 4.90 Å². The van der Waals surface area contributed by atoms with E-state index in [1.165, 1.54) is 5.56 Å². The topological polar surface area (TPSA) is 110 Å². The second kappa shape index (κ2) is 11.2. The summed E-state index contributed by atoms with van der Waals surface area (Å²) in [6, 6.07) is 5.92. The number of benzene rings is 1. The lowest BCUT2D eigenvalue weighted by Crippen LogP contribution is -2.59. The van der Waals surface area contributed by atoms with Crippen LogP contribution in [0, 0.1) is 0 Å². The minimum absolute atomic E-state index is 0.135. The minimum Gasteiger partial charge on any atom is -0.366 e. The Bertz CT molecular complexity index is 1550. The Kier molecular flexibility index (Phi) is 8.13. The van der Waals surface area contributed by atoms with Crippen LogP contribution in [0.15, 0.2) is 24.4 Å². The largest absolute Gasteiger partial charge is 0.366 e. The number of rotatable bonds is 8. The predicted molar refractivity (Wildman–Crippen MR) is 164 cm³/mol. The van der Waals surface area contributed by atoms with Crippen LogP contribution in [0.1, 0.15) is 71.7 Å². The van der Waals surface area contributed by atoms with E-state index in [1.54, 1.807) is 10.9 Å². The number of fused-ring (bicyclic) bond motifs is 3. The Morgan fingerprint density at radius 2 is 1.79 bits per heavy atom. The number of ether oxygens (including phenoxy) is 3. The number of nitrogens with zero attached hydrogens (tertiary/aromatic N) is 5. The number of anilines is 1. The second-order valence-electron chi connectivity index (χ2n) is 13.4. The Morgan fingerprint density at radius 3 is 2.49 bits per heavy atom. The van der Waals surface area contributed by atoms with Crippen molar-refractivity contribution < 1.29 is 27.8 Å². The molecule has 6 rings (SSSR count). The van der Waals surface area contributed by atoms with Gasteiger partial charge in [0, 0.05) is 5.02 Å². The number of aromatic nitrogens is 4. The number of halogens is 2. The smallest absolute Gasteiger partial charge is 0.357 e. The SMILES string of the molecule is CC(C)(C)OP(=O)(COCC1CCC(n2ncc3c(N4CC5(C4)OCc4cc(Cl)ccc45)nc(Cl)nc32)O1)OC(C)(C)C. The van der Waals surface area contributed by atoms with Crippen molar-refractivity contribution in [2.75, 3.05) is 30.9 Å². The maximum absolute atomic E-state index is 13.5. The fraction of sp³-hybridized carbons (Fsp3) is 0.621. The first-order valence-electron chi connectivity index (χ1n) is 14.4. The van der Waals surface area contributed by atoms with Gasteiger partial charge in [-0.25, -0.2) is 4.68 Å². The normalized spacial score (nSPS) is 22.0. The molecule has 0 aliphatic carbocycles. The minimum atomic E-state index is -3.51. The summed E-state index contributed by atoms with van der Waals surface area (Å²) in [6.45, 7) is 13.1. The van der Waals surface area contributed by atoms with Crippen molar-refractivity contribution in [3.8, 4) is 0 Å². The number of hydrogen-bond acceptors (Lipinski definition) is 10. The molecule has 2 unspecified atom stereocenters. The van der Waals surface area contributed by atoms with Gasteiger partial charge >= 0.3 is 7.60 Å². The van der Waals surface area contributed by atoms with Crippen molar-refractivity contribution >= 4 is 47.6 Å². The summed E-state index contributed by atoms with van der Waals surface area (Å²) in [7, 11) is -3.51. The molecule has 14 heteroatoms. The lowest BCUT2D eigenvalue weighted by Gasteiger charge is -2.48. The zero-order chi connectivity index (χ0) is 30.8. The van der Waals surface area contributed by atoms with E-state index in [-0.39, 0.29) is 36.2 Å². The molecule has 5 heterocycles. The molecule has 2 fully saturated rings. The molecule has 1 spiro atoms. The van der Waals surface area contributed by atoms with E-state index in [2.05, 4.69) is 20.0 Å². The van der Waals surface area contributed by atoms with Gasteiger partial charge < -0.3 is 28.2 Å². The Morgan fingerprint density at radius 1 is 1.07 bits per heavy atom. The average molecular weight is 655 g/mol. The molecule has 2 saturated heterocycles. The van der Waals surface area contributed by atoms with Gasteiger partial charge in [-0.15, -0.1) is 0 Å². The third-order valence-electron chi connectivity index (χ3n) is 7.40. The van der Waals surface area contributed by atoms with Gasteiger partial charge in [0.25, 0.3) is 0 Å². The van der Waals surface area contributed by atoms with E-state index in [9.17, 15) is 4.57 Å². The highest BCUT2D eigenvalue weighted by Gasteiger charge is 2.51. The van der Waals surface area contributed by atoms with Crippen LogP contribution in [0.5, 0.6) is 0 Å². The summed E-state index contributed by atoms with van der Waals surface area (Å²) in [5, 5.41) is 6.25. The molecule has 3 aromatic rings. The van der Waals surface area contributed by atoms with Crippen LogP contribution in [0.4, 0.5) is 5.82 Å². The van der Waals surface area contributed by atoms with Gasteiger partial charge in [-0.2, -0.15) is 15.1 Å². The lowest BCUT2D eigenvalue weighted by atomic mass is 9.85. The molecule has 3 aliphatic rings. The van der Waals surface area contributed by atoms with E-state index in [0.717, 1.165) is 17.4 Å². The number of hydrogen-bond donors (Lipinski definition) is 0. The van der Waals surface area contributed by atoms with Gasteiger partial charge in [-0.1, -0.05) is 17.7 Å². The van der Waals surface area contributed by atoms with Gasteiger partial charge in [-0.05, 0) is 89.2 Å². The van der Waals surface area contributed by atoms with Crippen LogP contribution in [0.2, 0.25) is 10.3 Å². The van der Waals surface area contributed by atoms with Gasteiger partial charge in [-0.3, -0.25) is 4.57 Å². The van der Waals surface area contributed by atoms with Crippen LogP contribution in [0.3, 0.4) is 0 Å². The van der Waals surface area contributed by atoms with E-state index >= 15 is 0 Å². The highest BCUT2D eigenvalue weighted by molar-refractivity contribution is 7.53. The first-order chi connectivity index (χ1) is 20.1. The molecular weight excluding hydrogens is 616 g/mol. The first kappa shape index (κ1) is 31.2. The first-order valence-corrected chi connectivity index (χ1v) is 16.9. The highest BCUT2D eigenvalue weighted by Crippen LogP contribution is 2.54. The van der Waals surface area contributed by atoms with Crippen LogP contribution in [-0.4, -0.2) is 63.1 Å². The lowest BCUT2D eigenvalue weighted by molar-refractivity contribution is -0.0585. The molecule has 2 atom stereocenters. The van der Waals surface area contributed by atoms with Crippen molar-refractivity contribution in [3.05, 3.63) is 45.8 Å². The predicted octanol–water partition coefficient (Wildman–Crippen LogP) is 6.85. The molecule has 0 amide bonds. The van der Waals surface area contributed by atoms with E-state index in [4.69, 9.17) is 46.5 Å². The van der Waals surface area contributed by atoms with Gasteiger partial charge in [0.05, 0.1) is 55.2 Å². The molecule has 0 saturated carbocycles. The maximum Gasteiger partial charge on any atom is 0.357 e. The summed E-state index contributed by atoms with van der Waals surface area (Å²) >= 11 is 12.6. The Balaban J connectivity index is 1.11. The zero-order valence-corrected chi connectivity index (χ0v) is 27.7. The monoisotopic (exact) mass is 653 g/mol. The molecule has 1 aromatic carbocycles. The fourth-order valence-electron chi connectivity index (χ4n) is 5.93. The fourth-order valence-corrected chi connectivity index (χ4v) is 8.42. The van der Waals surface area contributed by atoms with Crippen LogP contribution in [-0.2, 0) is 40.0 Å². The second-order valence-corrected chi connectivity index (χ2v) is 16.0. The van der Waals surface area contributed by atoms with Crippen LogP contribution >= 0.6 is 30.8 Å². The molecule has 0 radical (unpaired) electrons. The molecule has 3 aliphatic heterocycles. The van der Waals surface area contributed by atoms with Crippen molar-refractivity contribution in [2.24, 2.45) is 0 Å². The van der Waals surface area contributed by atoms with Gasteiger partial charge in [0.15, 0.2) is 11.9 Å². The molecule has 0 bridgehead atoms.